The number of aromatic nitrogens is 2. The Balaban J connectivity index is 2.03. The SMILES string of the molecule is Nc1ccc2nc(Oc3ccc(Br)c(F)c3)[nH]c(=O)c2c1. The van der Waals surface area contributed by atoms with E-state index in [0.29, 0.717) is 21.1 Å². The maximum Gasteiger partial charge on any atom is 0.302 e. The van der Waals surface area contributed by atoms with Gasteiger partial charge in [0.25, 0.3) is 5.56 Å². The van der Waals surface area contributed by atoms with Crippen LogP contribution in [-0.4, -0.2) is 9.97 Å². The van der Waals surface area contributed by atoms with Gasteiger partial charge < -0.3 is 10.5 Å². The van der Waals surface area contributed by atoms with Gasteiger partial charge in [-0.2, -0.15) is 4.98 Å². The maximum atomic E-state index is 13.4. The van der Waals surface area contributed by atoms with Gasteiger partial charge in [0, 0.05) is 11.8 Å². The minimum absolute atomic E-state index is 0.0148. The molecule has 5 nitrogen and oxygen atoms in total. The normalized spacial score (nSPS) is 10.8. The number of hydrogen-bond acceptors (Lipinski definition) is 4. The van der Waals surface area contributed by atoms with Crippen molar-refractivity contribution in [3.8, 4) is 11.8 Å². The van der Waals surface area contributed by atoms with Crippen LogP contribution in [0.1, 0.15) is 0 Å². The van der Waals surface area contributed by atoms with E-state index in [0.717, 1.165) is 0 Å². The monoisotopic (exact) mass is 349 g/mol. The number of aromatic amines is 1. The predicted octanol–water partition coefficient (Wildman–Crippen LogP) is 3.20. The summed E-state index contributed by atoms with van der Waals surface area (Å²) in [6, 6.07) is 9.03. The summed E-state index contributed by atoms with van der Waals surface area (Å²) in [4.78, 5) is 18.6. The van der Waals surface area contributed by atoms with Crippen LogP contribution in [0.3, 0.4) is 0 Å². The van der Waals surface area contributed by atoms with Crippen LogP contribution >= 0.6 is 15.9 Å². The van der Waals surface area contributed by atoms with Crippen molar-refractivity contribution in [2.45, 2.75) is 0 Å². The molecule has 0 spiro atoms. The smallest absolute Gasteiger partial charge is 0.302 e. The van der Waals surface area contributed by atoms with Crippen LogP contribution in [-0.2, 0) is 0 Å². The Bertz CT molecular complexity index is 895. The molecule has 0 aliphatic rings. The largest absolute Gasteiger partial charge is 0.425 e. The zero-order valence-corrected chi connectivity index (χ0v) is 12.1. The minimum Gasteiger partial charge on any atom is -0.425 e. The van der Waals surface area contributed by atoms with E-state index >= 15 is 0 Å². The second kappa shape index (κ2) is 5.17. The number of nitrogen functional groups attached to an aromatic ring is 1. The van der Waals surface area contributed by atoms with Gasteiger partial charge >= 0.3 is 6.01 Å². The molecule has 0 unspecified atom stereocenters. The zero-order valence-electron chi connectivity index (χ0n) is 10.6. The summed E-state index contributed by atoms with van der Waals surface area (Å²) < 4.78 is 19.1. The fourth-order valence-electron chi connectivity index (χ4n) is 1.84. The summed E-state index contributed by atoms with van der Waals surface area (Å²) in [5, 5.41) is 0.365. The second-order valence-corrected chi connectivity index (χ2v) is 5.18. The van der Waals surface area contributed by atoms with Crippen LogP contribution in [0.25, 0.3) is 10.9 Å². The van der Waals surface area contributed by atoms with Crippen molar-refractivity contribution < 1.29 is 9.13 Å². The first-order chi connectivity index (χ1) is 10.0. The number of rotatable bonds is 2. The third kappa shape index (κ3) is 2.73. The number of benzene rings is 2. The molecule has 0 radical (unpaired) electrons. The highest BCUT2D eigenvalue weighted by Crippen LogP contribution is 2.24. The van der Waals surface area contributed by atoms with E-state index in [2.05, 4.69) is 25.9 Å². The molecule has 3 rings (SSSR count). The Hall–Kier alpha value is -2.41. The lowest BCUT2D eigenvalue weighted by molar-refractivity contribution is 0.438. The first-order valence-electron chi connectivity index (χ1n) is 5.95. The molecule has 0 fully saturated rings. The maximum absolute atomic E-state index is 13.4. The van der Waals surface area contributed by atoms with Gasteiger partial charge in [-0.15, -0.1) is 0 Å². The van der Waals surface area contributed by atoms with Crippen molar-refractivity contribution in [1.82, 2.24) is 9.97 Å². The number of nitrogens with zero attached hydrogens (tertiary/aromatic N) is 1. The second-order valence-electron chi connectivity index (χ2n) is 4.33. The Morgan fingerprint density at radius 2 is 2.05 bits per heavy atom. The van der Waals surface area contributed by atoms with Crippen molar-refractivity contribution in [1.29, 1.82) is 0 Å². The van der Waals surface area contributed by atoms with Crippen molar-refractivity contribution in [2.75, 3.05) is 5.73 Å². The predicted molar refractivity (Wildman–Crippen MR) is 81.0 cm³/mol. The minimum atomic E-state index is -0.469. The Labute approximate surface area is 126 Å². The first-order valence-corrected chi connectivity index (χ1v) is 6.75. The Kier molecular flexibility index (Phi) is 3.34. The van der Waals surface area contributed by atoms with E-state index < -0.39 is 5.82 Å². The molecular formula is C14H9BrFN3O2. The molecular weight excluding hydrogens is 341 g/mol. The first kappa shape index (κ1) is 13.6. The summed E-state index contributed by atoms with van der Waals surface area (Å²) in [7, 11) is 0. The average Bonchev–Trinajstić information content (AvgIpc) is 2.44. The van der Waals surface area contributed by atoms with Crippen molar-refractivity contribution in [3.05, 3.63) is 57.0 Å². The lowest BCUT2D eigenvalue weighted by atomic mass is 10.2. The molecule has 0 saturated carbocycles. The van der Waals surface area contributed by atoms with Crippen LogP contribution < -0.4 is 16.0 Å². The summed E-state index contributed by atoms with van der Waals surface area (Å²) >= 11 is 3.05. The molecule has 21 heavy (non-hydrogen) atoms. The van der Waals surface area contributed by atoms with E-state index in [1.54, 1.807) is 18.2 Å². The quantitative estimate of drug-likeness (QED) is 0.696. The van der Waals surface area contributed by atoms with Gasteiger partial charge in [-0.3, -0.25) is 9.78 Å². The Morgan fingerprint density at radius 1 is 1.24 bits per heavy atom. The van der Waals surface area contributed by atoms with E-state index in [9.17, 15) is 9.18 Å². The number of fused-ring (bicyclic) bond motifs is 1. The van der Waals surface area contributed by atoms with Crippen LogP contribution in [0.15, 0.2) is 45.7 Å². The fourth-order valence-corrected chi connectivity index (χ4v) is 2.08. The highest BCUT2D eigenvalue weighted by Gasteiger charge is 2.08. The summed E-state index contributed by atoms with van der Waals surface area (Å²) in [6.07, 6.45) is 0. The van der Waals surface area contributed by atoms with Gasteiger partial charge in [0.05, 0.1) is 15.4 Å². The van der Waals surface area contributed by atoms with Gasteiger partial charge in [-0.25, -0.2) is 4.39 Å². The molecule has 7 heteroatoms. The third-order valence-corrected chi connectivity index (χ3v) is 3.46. The van der Waals surface area contributed by atoms with E-state index in [1.807, 2.05) is 0 Å². The number of anilines is 1. The summed E-state index contributed by atoms with van der Waals surface area (Å²) in [6.45, 7) is 0. The van der Waals surface area contributed by atoms with E-state index in [4.69, 9.17) is 10.5 Å². The van der Waals surface area contributed by atoms with Crippen molar-refractivity contribution >= 4 is 32.5 Å². The molecule has 2 aromatic carbocycles. The van der Waals surface area contributed by atoms with Gasteiger partial charge in [0.2, 0.25) is 0 Å². The zero-order chi connectivity index (χ0) is 15.0. The number of ether oxygens (including phenoxy) is 1. The molecule has 0 saturated heterocycles. The molecule has 3 N–H and O–H groups in total. The standard InChI is InChI=1S/C14H9BrFN3O2/c15-10-3-2-8(6-11(10)16)21-14-18-12-4-1-7(17)5-9(12)13(20)19-14/h1-6H,17H2,(H,18,19,20). The van der Waals surface area contributed by atoms with Crippen LogP contribution in [0.2, 0.25) is 0 Å². The van der Waals surface area contributed by atoms with Crippen LogP contribution in [0, 0.1) is 5.82 Å². The molecule has 0 aliphatic heterocycles. The number of hydrogen-bond donors (Lipinski definition) is 2. The molecule has 106 valence electrons. The molecule has 0 atom stereocenters. The average molecular weight is 350 g/mol. The number of nitrogens with two attached hydrogens (primary N) is 1. The van der Waals surface area contributed by atoms with Gasteiger partial charge in [0.1, 0.15) is 11.6 Å². The number of H-pyrrole nitrogens is 1. The molecule has 0 aliphatic carbocycles. The molecule has 0 bridgehead atoms. The lowest BCUT2D eigenvalue weighted by Gasteiger charge is -2.06. The molecule has 1 heterocycles. The summed E-state index contributed by atoms with van der Waals surface area (Å²) in [5.41, 5.74) is 6.17. The van der Waals surface area contributed by atoms with E-state index in [1.165, 1.54) is 18.2 Å². The number of nitrogens with one attached hydrogen (secondary N) is 1. The van der Waals surface area contributed by atoms with E-state index in [-0.39, 0.29) is 17.3 Å². The fraction of sp³-hybridized carbons (Fsp3) is 0. The summed E-state index contributed by atoms with van der Waals surface area (Å²) in [5.74, 6) is -0.239. The molecule has 3 aromatic rings. The molecule has 0 amide bonds. The molecule has 1 aromatic heterocycles. The topological polar surface area (TPSA) is 81.0 Å². The van der Waals surface area contributed by atoms with Gasteiger partial charge in [0.15, 0.2) is 0 Å². The highest BCUT2D eigenvalue weighted by atomic mass is 79.9. The van der Waals surface area contributed by atoms with Crippen molar-refractivity contribution in [2.24, 2.45) is 0 Å². The Morgan fingerprint density at radius 3 is 2.81 bits per heavy atom. The third-order valence-electron chi connectivity index (χ3n) is 2.81. The number of halogens is 2. The van der Waals surface area contributed by atoms with Gasteiger partial charge in [-0.1, -0.05) is 0 Å². The highest BCUT2D eigenvalue weighted by molar-refractivity contribution is 9.10. The van der Waals surface area contributed by atoms with Crippen LogP contribution in [0.5, 0.6) is 11.8 Å². The van der Waals surface area contributed by atoms with Crippen molar-refractivity contribution in [3.63, 3.8) is 0 Å². The van der Waals surface area contributed by atoms with Gasteiger partial charge in [-0.05, 0) is 46.3 Å². The van der Waals surface area contributed by atoms with Crippen LogP contribution in [0.4, 0.5) is 10.1 Å². The lowest BCUT2D eigenvalue weighted by Crippen LogP contribution is -2.09.